The van der Waals surface area contributed by atoms with Gasteiger partial charge in [-0.2, -0.15) is 0 Å². The molecule has 1 aliphatic carbocycles. The number of nitrogens with two attached hydrogens (primary N) is 1. The molecule has 128 valence electrons. The third kappa shape index (κ3) is 2.98. The third-order valence-corrected chi connectivity index (χ3v) is 5.71. The lowest BCUT2D eigenvalue weighted by molar-refractivity contribution is 0.0196. The normalized spacial score (nSPS) is 28.5. The van der Waals surface area contributed by atoms with Crippen LogP contribution in [0.5, 0.6) is 0 Å². The van der Waals surface area contributed by atoms with Gasteiger partial charge in [-0.05, 0) is 44.4 Å². The number of aliphatic hydroxyl groups excluding tert-OH is 1. The number of aromatic nitrogens is 2. The number of rotatable bonds is 3. The minimum atomic E-state index is -0.146. The molecule has 24 heavy (non-hydrogen) atoms. The van der Waals surface area contributed by atoms with Gasteiger partial charge in [0.05, 0.1) is 18.2 Å². The van der Waals surface area contributed by atoms with E-state index < -0.39 is 0 Å². The van der Waals surface area contributed by atoms with Gasteiger partial charge in [-0.1, -0.05) is 25.0 Å². The summed E-state index contributed by atoms with van der Waals surface area (Å²) in [5.74, 6) is 1.76. The first-order valence-electron chi connectivity index (χ1n) is 9.15. The zero-order valence-corrected chi connectivity index (χ0v) is 14.1. The molecule has 1 aliphatic heterocycles. The van der Waals surface area contributed by atoms with Crippen LogP contribution in [0.4, 0.5) is 5.82 Å². The van der Waals surface area contributed by atoms with Gasteiger partial charge in [-0.25, -0.2) is 9.97 Å². The van der Waals surface area contributed by atoms with Crippen molar-refractivity contribution in [3.63, 3.8) is 0 Å². The Labute approximate surface area is 142 Å². The van der Waals surface area contributed by atoms with Gasteiger partial charge >= 0.3 is 0 Å². The van der Waals surface area contributed by atoms with Crippen molar-refractivity contribution in [1.29, 1.82) is 0 Å². The van der Waals surface area contributed by atoms with E-state index in [1.807, 2.05) is 24.3 Å². The Morgan fingerprint density at radius 3 is 2.79 bits per heavy atom. The van der Waals surface area contributed by atoms with Gasteiger partial charge in [0.15, 0.2) is 0 Å². The predicted molar refractivity (Wildman–Crippen MR) is 95.3 cm³/mol. The van der Waals surface area contributed by atoms with Crippen molar-refractivity contribution < 1.29 is 5.11 Å². The molecule has 4 rings (SSSR count). The Morgan fingerprint density at radius 2 is 1.92 bits per heavy atom. The second kappa shape index (κ2) is 6.65. The topological polar surface area (TPSA) is 75.3 Å². The highest BCUT2D eigenvalue weighted by atomic mass is 16.3. The Morgan fingerprint density at radius 1 is 1.08 bits per heavy atom. The van der Waals surface area contributed by atoms with Crippen molar-refractivity contribution in [2.45, 2.75) is 57.2 Å². The Kier molecular flexibility index (Phi) is 4.37. The van der Waals surface area contributed by atoms with Gasteiger partial charge in [-0.3, -0.25) is 4.90 Å². The summed E-state index contributed by atoms with van der Waals surface area (Å²) < 4.78 is 0. The summed E-state index contributed by atoms with van der Waals surface area (Å²) in [6, 6.07) is 8.35. The van der Waals surface area contributed by atoms with E-state index in [2.05, 4.69) is 9.88 Å². The number of fused-ring (bicyclic) bond motifs is 1. The van der Waals surface area contributed by atoms with Crippen molar-refractivity contribution in [2.75, 3.05) is 12.3 Å². The Hall–Kier alpha value is -1.72. The number of benzene rings is 1. The molecule has 0 unspecified atom stereocenters. The minimum Gasteiger partial charge on any atom is -0.393 e. The number of aliphatic hydroxyl groups is 1. The van der Waals surface area contributed by atoms with Gasteiger partial charge in [0.1, 0.15) is 11.6 Å². The van der Waals surface area contributed by atoms with Crippen molar-refractivity contribution in [3.05, 3.63) is 30.1 Å². The van der Waals surface area contributed by atoms with E-state index in [1.165, 1.54) is 19.3 Å². The second-order valence-corrected chi connectivity index (χ2v) is 7.24. The number of para-hydroxylation sites is 1. The molecule has 1 aromatic heterocycles. The maximum atomic E-state index is 10.4. The van der Waals surface area contributed by atoms with Gasteiger partial charge in [0.25, 0.3) is 0 Å². The molecule has 0 radical (unpaired) electrons. The van der Waals surface area contributed by atoms with Gasteiger partial charge < -0.3 is 10.8 Å². The molecule has 2 heterocycles. The first-order chi connectivity index (χ1) is 11.7. The number of likely N-dealkylation sites (tertiary alicyclic amines) is 1. The van der Waals surface area contributed by atoms with Gasteiger partial charge in [0, 0.05) is 17.3 Å². The van der Waals surface area contributed by atoms with Crippen molar-refractivity contribution in [3.8, 4) is 0 Å². The zero-order valence-electron chi connectivity index (χ0n) is 14.1. The van der Waals surface area contributed by atoms with Crippen molar-refractivity contribution >= 4 is 16.7 Å². The van der Waals surface area contributed by atoms with Crippen molar-refractivity contribution in [2.24, 2.45) is 5.92 Å². The fourth-order valence-corrected chi connectivity index (χ4v) is 4.53. The molecule has 1 aromatic carbocycles. The smallest absolute Gasteiger partial charge is 0.145 e. The van der Waals surface area contributed by atoms with Crippen LogP contribution in [0.25, 0.3) is 10.9 Å². The van der Waals surface area contributed by atoms with Crippen LogP contribution in [-0.4, -0.2) is 38.7 Å². The van der Waals surface area contributed by atoms with E-state index in [-0.39, 0.29) is 6.10 Å². The standard InChI is InChI=1S/C19H26N4O/c20-19-13-6-1-3-8-15(13)21-18(22-19)12-23-11-5-9-16(23)14-7-2-4-10-17(14)24/h1,3,6,8,14,16-17,24H,2,4-5,7,9-12H2,(H2,20,21,22)/t14-,16-,17-/m1/s1. The number of nitrogens with zero attached hydrogens (tertiary/aromatic N) is 3. The molecular weight excluding hydrogens is 300 g/mol. The van der Waals surface area contributed by atoms with Crippen LogP contribution in [0.15, 0.2) is 24.3 Å². The molecular formula is C19H26N4O. The molecule has 2 fully saturated rings. The molecule has 3 atom stereocenters. The van der Waals surface area contributed by atoms with Crippen LogP contribution in [0.2, 0.25) is 0 Å². The monoisotopic (exact) mass is 326 g/mol. The molecule has 0 spiro atoms. The lowest BCUT2D eigenvalue weighted by Gasteiger charge is -2.37. The van der Waals surface area contributed by atoms with E-state index in [4.69, 9.17) is 10.7 Å². The molecule has 1 saturated carbocycles. The van der Waals surface area contributed by atoms with Gasteiger partial charge in [-0.15, -0.1) is 0 Å². The maximum absolute atomic E-state index is 10.4. The largest absolute Gasteiger partial charge is 0.393 e. The van der Waals surface area contributed by atoms with Crippen LogP contribution in [0, 0.1) is 5.92 Å². The van der Waals surface area contributed by atoms with E-state index in [9.17, 15) is 5.11 Å². The summed E-state index contributed by atoms with van der Waals surface area (Å²) in [6.45, 7) is 1.78. The lowest BCUT2D eigenvalue weighted by Crippen LogP contribution is -2.42. The molecule has 2 aromatic rings. The SMILES string of the molecule is Nc1nc(CN2CCC[C@@H]2[C@H]2CCCC[C@H]2O)nc2ccccc12. The average Bonchev–Trinajstić information content (AvgIpc) is 3.03. The Balaban J connectivity index is 1.55. The number of nitrogen functional groups attached to an aromatic ring is 1. The highest BCUT2D eigenvalue weighted by Gasteiger charge is 2.37. The molecule has 0 bridgehead atoms. The summed E-state index contributed by atoms with van der Waals surface area (Å²) in [4.78, 5) is 11.7. The molecule has 0 amide bonds. The summed E-state index contributed by atoms with van der Waals surface area (Å²) >= 11 is 0. The number of hydrogen-bond donors (Lipinski definition) is 2. The summed E-state index contributed by atoms with van der Waals surface area (Å²) in [7, 11) is 0. The highest BCUT2D eigenvalue weighted by Crippen LogP contribution is 2.35. The summed E-state index contributed by atoms with van der Waals surface area (Å²) in [6.07, 6.45) is 6.71. The number of anilines is 1. The Bertz CT molecular complexity index is 720. The predicted octanol–water partition coefficient (Wildman–Crippen LogP) is 2.73. The minimum absolute atomic E-state index is 0.146. The van der Waals surface area contributed by atoms with E-state index >= 15 is 0 Å². The highest BCUT2D eigenvalue weighted by molar-refractivity contribution is 5.87. The summed E-state index contributed by atoms with van der Waals surface area (Å²) in [5.41, 5.74) is 7.03. The molecule has 5 heteroatoms. The molecule has 1 saturated heterocycles. The maximum Gasteiger partial charge on any atom is 0.145 e. The average molecular weight is 326 g/mol. The fourth-order valence-electron chi connectivity index (χ4n) is 4.53. The van der Waals surface area contributed by atoms with Gasteiger partial charge in [0.2, 0.25) is 0 Å². The molecule has 2 aliphatic rings. The van der Waals surface area contributed by atoms with Crippen LogP contribution in [0.3, 0.4) is 0 Å². The molecule has 5 nitrogen and oxygen atoms in total. The van der Waals surface area contributed by atoms with Crippen molar-refractivity contribution in [1.82, 2.24) is 14.9 Å². The lowest BCUT2D eigenvalue weighted by atomic mass is 9.80. The van der Waals surface area contributed by atoms with Crippen LogP contribution < -0.4 is 5.73 Å². The van der Waals surface area contributed by atoms with Crippen LogP contribution >= 0.6 is 0 Å². The van der Waals surface area contributed by atoms with E-state index in [0.717, 1.165) is 49.1 Å². The second-order valence-electron chi connectivity index (χ2n) is 7.24. The van der Waals surface area contributed by atoms with E-state index in [0.29, 0.717) is 17.8 Å². The first kappa shape index (κ1) is 15.8. The van der Waals surface area contributed by atoms with Crippen LogP contribution in [-0.2, 0) is 6.54 Å². The third-order valence-electron chi connectivity index (χ3n) is 5.71. The first-order valence-corrected chi connectivity index (χ1v) is 9.15. The fraction of sp³-hybridized carbons (Fsp3) is 0.579. The number of hydrogen-bond acceptors (Lipinski definition) is 5. The molecule has 3 N–H and O–H groups in total. The quantitative estimate of drug-likeness (QED) is 0.907. The van der Waals surface area contributed by atoms with E-state index in [1.54, 1.807) is 0 Å². The van der Waals surface area contributed by atoms with Crippen LogP contribution in [0.1, 0.15) is 44.3 Å². The summed E-state index contributed by atoms with van der Waals surface area (Å²) in [5, 5.41) is 11.3. The zero-order chi connectivity index (χ0) is 16.5.